The predicted octanol–water partition coefficient (Wildman–Crippen LogP) is 2.29. The number of hydrogen-bond acceptors (Lipinski definition) is 3. The highest BCUT2D eigenvalue weighted by Crippen LogP contribution is 2.20. The van der Waals surface area contributed by atoms with Crippen LogP contribution in [-0.2, 0) is 4.74 Å². The summed E-state index contributed by atoms with van der Waals surface area (Å²) in [6.07, 6.45) is 2.97. The molecule has 3 nitrogen and oxygen atoms in total. The second-order valence-corrected chi connectivity index (χ2v) is 4.23. The van der Waals surface area contributed by atoms with Gasteiger partial charge >= 0.3 is 6.18 Å². The molecule has 1 rings (SSSR count). The van der Waals surface area contributed by atoms with Gasteiger partial charge in [0.05, 0.1) is 12.6 Å². The lowest BCUT2D eigenvalue weighted by Gasteiger charge is -2.19. The molecule has 6 heteroatoms. The predicted molar refractivity (Wildman–Crippen MR) is 59.2 cm³/mol. The van der Waals surface area contributed by atoms with Crippen LogP contribution in [-0.4, -0.2) is 25.4 Å². The molecular formula is C11H19F3N2O. The monoisotopic (exact) mass is 252 g/mol. The van der Waals surface area contributed by atoms with E-state index in [1.807, 2.05) is 0 Å². The van der Waals surface area contributed by atoms with Crippen LogP contribution in [0.5, 0.6) is 0 Å². The van der Waals surface area contributed by atoms with Crippen molar-refractivity contribution in [3.8, 4) is 0 Å². The molecule has 0 amide bonds. The van der Waals surface area contributed by atoms with Gasteiger partial charge in [0.2, 0.25) is 0 Å². The number of alkyl halides is 3. The summed E-state index contributed by atoms with van der Waals surface area (Å²) in [6, 6.07) is -0.310. The molecule has 1 unspecified atom stereocenters. The number of rotatable bonds is 5. The second-order valence-electron chi connectivity index (χ2n) is 4.23. The summed E-state index contributed by atoms with van der Waals surface area (Å²) >= 11 is 0. The number of halogens is 3. The molecule has 0 saturated heterocycles. The van der Waals surface area contributed by atoms with Crippen molar-refractivity contribution in [3.63, 3.8) is 0 Å². The molecule has 0 aliphatic heterocycles. The molecular weight excluding hydrogens is 233 g/mol. The fourth-order valence-electron chi connectivity index (χ4n) is 1.91. The van der Waals surface area contributed by atoms with Crippen molar-refractivity contribution >= 4 is 0 Å². The van der Waals surface area contributed by atoms with Crippen LogP contribution in [0.2, 0.25) is 0 Å². The van der Waals surface area contributed by atoms with Crippen LogP contribution in [0.15, 0.2) is 11.6 Å². The van der Waals surface area contributed by atoms with Crippen molar-refractivity contribution in [3.05, 3.63) is 11.6 Å². The van der Waals surface area contributed by atoms with Gasteiger partial charge in [-0.15, -0.1) is 0 Å². The van der Waals surface area contributed by atoms with E-state index in [1.165, 1.54) is 0 Å². The zero-order chi connectivity index (χ0) is 12.7. The molecule has 0 aromatic carbocycles. The Morgan fingerprint density at radius 1 is 1.35 bits per heavy atom. The van der Waals surface area contributed by atoms with E-state index in [1.54, 1.807) is 0 Å². The Labute approximate surface area is 99.2 Å². The van der Waals surface area contributed by atoms with Gasteiger partial charge in [-0.3, -0.25) is 11.3 Å². The van der Waals surface area contributed by atoms with Gasteiger partial charge in [-0.25, -0.2) is 0 Å². The van der Waals surface area contributed by atoms with Crippen molar-refractivity contribution in [2.24, 2.45) is 5.84 Å². The number of hydrazine groups is 1. The van der Waals surface area contributed by atoms with Crippen LogP contribution in [0.25, 0.3) is 0 Å². The van der Waals surface area contributed by atoms with E-state index in [4.69, 9.17) is 5.84 Å². The average molecular weight is 252 g/mol. The molecule has 0 spiro atoms. The topological polar surface area (TPSA) is 47.3 Å². The highest BCUT2D eigenvalue weighted by Gasteiger charge is 2.28. The fraction of sp³-hybridized carbons (Fsp3) is 0.818. The molecule has 3 N–H and O–H groups in total. The summed E-state index contributed by atoms with van der Waals surface area (Å²) < 4.78 is 40.4. The van der Waals surface area contributed by atoms with Crippen molar-refractivity contribution in [2.75, 3.05) is 13.2 Å². The maximum Gasteiger partial charge on any atom is 0.411 e. The third-order valence-corrected chi connectivity index (χ3v) is 2.78. The standard InChI is InChI=1S/C11H19F3N2O/c12-11(13,14)8-17-7-10(16-15)9-5-3-1-2-4-6-9/h5,10,16H,1-4,6-8,15H2. The van der Waals surface area contributed by atoms with Crippen molar-refractivity contribution in [2.45, 2.75) is 44.3 Å². The molecule has 0 fully saturated rings. The summed E-state index contributed by atoms with van der Waals surface area (Å²) in [4.78, 5) is 0. The van der Waals surface area contributed by atoms with Gasteiger partial charge in [0.1, 0.15) is 6.61 Å². The lowest BCUT2D eigenvalue weighted by Crippen LogP contribution is -2.41. The van der Waals surface area contributed by atoms with E-state index in [9.17, 15) is 13.2 Å². The van der Waals surface area contributed by atoms with Crippen molar-refractivity contribution < 1.29 is 17.9 Å². The molecule has 0 bridgehead atoms. The molecule has 0 aromatic rings. The number of nitrogens with one attached hydrogen (secondary N) is 1. The molecule has 0 heterocycles. The summed E-state index contributed by atoms with van der Waals surface area (Å²) in [5, 5.41) is 0. The zero-order valence-corrected chi connectivity index (χ0v) is 9.72. The summed E-state index contributed by atoms with van der Waals surface area (Å²) in [6.45, 7) is -1.26. The fourth-order valence-corrected chi connectivity index (χ4v) is 1.91. The van der Waals surface area contributed by atoms with Gasteiger partial charge < -0.3 is 4.74 Å². The van der Waals surface area contributed by atoms with Gasteiger partial charge in [-0.1, -0.05) is 18.1 Å². The summed E-state index contributed by atoms with van der Waals surface area (Å²) in [5.41, 5.74) is 3.59. The van der Waals surface area contributed by atoms with E-state index in [0.717, 1.165) is 37.7 Å². The summed E-state index contributed by atoms with van der Waals surface area (Å²) in [7, 11) is 0. The highest BCUT2D eigenvalue weighted by atomic mass is 19.4. The average Bonchev–Trinajstić information content (AvgIpc) is 2.51. The third-order valence-electron chi connectivity index (χ3n) is 2.78. The van der Waals surface area contributed by atoms with Crippen LogP contribution in [0.4, 0.5) is 13.2 Å². The van der Waals surface area contributed by atoms with E-state index in [-0.39, 0.29) is 12.6 Å². The Kier molecular flexibility index (Phi) is 5.94. The van der Waals surface area contributed by atoms with Gasteiger partial charge in [-0.05, 0) is 25.7 Å². The van der Waals surface area contributed by atoms with Crippen molar-refractivity contribution in [1.29, 1.82) is 0 Å². The van der Waals surface area contributed by atoms with Crippen molar-refractivity contribution in [1.82, 2.24) is 5.43 Å². The Morgan fingerprint density at radius 3 is 2.76 bits per heavy atom. The Morgan fingerprint density at radius 2 is 2.12 bits per heavy atom. The van der Waals surface area contributed by atoms with Crippen LogP contribution in [0.1, 0.15) is 32.1 Å². The van der Waals surface area contributed by atoms with E-state index in [2.05, 4.69) is 16.2 Å². The molecule has 0 saturated carbocycles. The lowest BCUT2D eigenvalue weighted by atomic mass is 10.0. The van der Waals surface area contributed by atoms with Crippen LogP contribution in [0, 0.1) is 0 Å². The molecule has 1 atom stereocenters. The molecule has 1 aliphatic rings. The Hall–Kier alpha value is -0.590. The number of ether oxygens (including phenoxy) is 1. The van der Waals surface area contributed by atoms with Gasteiger partial charge in [0, 0.05) is 0 Å². The second kappa shape index (κ2) is 6.98. The normalized spacial score (nSPS) is 19.6. The molecule has 1 aliphatic carbocycles. The lowest BCUT2D eigenvalue weighted by molar-refractivity contribution is -0.174. The minimum atomic E-state index is -4.28. The molecule has 0 radical (unpaired) electrons. The van der Waals surface area contributed by atoms with Crippen LogP contribution < -0.4 is 11.3 Å². The third kappa shape index (κ3) is 6.05. The first-order chi connectivity index (χ1) is 8.03. The van der Waals surface area contributed by atoms with Gasteiger partial charge in [0.15, 0.2) is 0 Å². The Bertz CT molecular complexity index is 254. The van der Waals surface area contributed by atoms with Crippen LogP contribution in [0.3, 0.4) is 0 Å². The van der Waals surface area contributed by atoms with Gasteiger partial charge in [-0.2, -0.15) is 13.2 Å². The highest BCUT2D eigenvalue weighted by molar-refractivity contribution is 5.11. The minimum absolute atomic E-state index is 0.0398. The first-order valence-electron chi connectivity index (χ1n) is 5.82. The maximum absolute atomic E-state index is 11.9. The quantitative estimate of drug-likeness (QED) is 0.448. The Balaban J connectivity index is 2.39. The largest absolute Gasteiger partial charge is 0.411 e. The SMILES string of the molecule is NNC(COCC(F)(F)F)C1=CCCCCC1. The first-order valence-corrected chi connectivity index (χ1v) is 5.82. The first kappa shape index (κ1) is 14.5. The summed E-state index contributed by atoms with van der Waals surface area (Å²) in [5.74, 6) is 5.35. The maximum atomic E-state index is 11.9. The van der Waals surface area contributed by atoms with E-state index >= 15 is 0 Å². The molecule has 0 aromatic heterocycles. The molecule has 100 valence electrons. The van der Waals surface area contributed by atoms with Crippen LogP contribution >= 0.6 is 0 Å². The number of hydrogen-bond donors (Lipinski definition) is 2. The van der Waals surface area contributed by atoms with E-state index < -0.39 is 12.8 Å². The minimum Gasteiger partial charge on any atom is -0.370 e. The number of allylic oxidation sites excluding steroid dienone is 1. The molecule has 17 heavy (non-hydrogen) atoms. The van der Waals surface area contributed by atoms with Gasteiger partial charge in [0.25, 0.3) is 0 Å². The van der Waals surface area contributed by atoms with E-state index in [0.29, 0.717) is 0 Å². The number of nitrogens with two attached hydrogens (primary N) is 1. The zero-order valence-electron chi connectivity index (χ0n) is 9.72. The smallest absolute Gasteiger partial charge is 0.370 e.